The summed E-state index contributed by atoms with van der Waals surface area (Å²) in [6, 6.07) is 99.6. The number of fused-ring (bicyclic) bond motifs is 10. The minimum Gasteiger partial charge on any atom is -0.456 e. The molecule has 0 fully saturated rings. The molecule has 2 aliphatic heterocycles. The molecule has 0 saturated carbocycles. The van der Waals surface area contributed by atoms with Gasteiger partial charge in [0, 0.05) is 72.2 Å². The summed E-state index contributed by atoms with van der Waals surface area (Å²) in [5.74, 6) is 0. The van der Waals surface area contributed by atoms with Gasteiger partial charge in [-0.3, -0.25) is 0 Å². The van der Waals surface area contributed by atoms with Crippen molar-refractivity contribution >= 4 is 101 Å². The van der Waals surface area contributed by atoms with Crippen LogP contribution in [-0.2, 0) is 11.8 Å². The van der Waals surface area contributed by atoms with E-state index in [0.29, 0.717) is 0 Å². The zero-order valence-corrected chi connectivity index (χ0v) is 48.4. The highest BCUT2D eigenvalue weighted by Gasteiger charge is 2.46. The molecule has 0 radical (unpaired) electrons. The first-order valence-corrected chi connectivity index (χ1v) is 30.2. The molecule has 14 aromatic rings. The molecule has 0 spiro atoms. The summed E-state index contributed by atoms with van der Waals surface area (Å²) < 4.78 is 9.69. The van der Waals surface area contributed by atoms with Crippen molar-refractivity contribution < 1.29 is 4.42 Å². The molecule has 4 heterocycles. The van der Waals surface area contributed by atoms with Gasteiger partial charge in [0.15, 0.2) is 0 Å². The number of nitrogens with zero attached hydrogens (tertiary/aromatic N) is 3. The number of anilines is 6. The average Bonchev–Trinajstić information content (AvgIpc) is 1.20. The molecule has 0 unspecified atom stereocenters. The minimum absolute atomic E-state index is 0.175. The zero-order chi connectivity index (χ0) is 56.9. The van der Waals surface area contributed by atoms with Crippen LogP contribution < -0.4 is 26.2 Å². The van der Waals surface area contributed by atoms with E-state index < -0.39 is 0 Å². The van der Waals surface area contributed by atoms with E-state index in [9.17, 15) is 0 Å². The Kier molecular flexibility index (Phi) is 12.0. The third-order valence-corrected chi connectivity index (χ3v) is 18.1. The Bertz CT molecular complexity index is 4810. The second-order valence-corrected chi connectivity index (χ2v) is 24.2. The van der Waals surface area contributed by atoms with E-state index in [4.69, 9.17) is 4.42 Å². The Morgan fingerprint density at radius 2 is 0.941 bits per heavy atom. The van der Waals surface area contributed by atoms with E-state index in [1.54, 1.807) is 0 Å². The van der Waals surface area contributed by atoms with E-state index in [1.165, 1.54) is 94.3 Å². The summed E-state index contributed by atoms with van der Waals surface area (Å²) in [6.45, 7) is 9.27. The van der Waals surface area contributed by atoms with E-state index >= 15 is 0 Å². The first-order valence-electron chi connectivity index (χ1n) is 30.2. The van der Waals surface area contributed by atoms with Gasteiger partial charge >= 0.3 is 0 Å². The molecule has 16 rings (SSSR count). The zero-order valence-electron chi connectivity index (χ0n) is 48.4. The summed E-state index contributed by atoms with van der Waals surface area (Å²) in [4.78, 5) is 5.37. The minimum atomic E-state index is -0.266. The first-order chi connectivity index (χ1) is 41.8. The fourth-order valence-electron chi connectivity index (χ4n) is 14.1. The third-order valence-electron chi connectivity index (χ3n) is 18.1. The number of benzene rings is 12. The van der Waals surface area contributed by atoms with Crippen molar-refractivity contribution in [2.24, 2.45) is 0 Å². The van der Waals surface area contributed by atoms with Crippen LogP contribution in [0.4, 0.5) is 34.1 Å². The van der Waals surface area contributed by atoms with Gasteiger partial charge in [-0.1, -0.05) is 246 Å². The summed E-state index contributed by atoms with van der Waals surface area (Å²) in [7, 11) is 0. The SMILES string of the molecule is CCCCc1c(N2c3ccc(-c4ccccc4)cc3B3c4ccc(-n5c6ccccc6c6ccccc65)cc4N(c4c(-c5ccccc5)cccc4-c4ccccc4)c4cc(C(C)(C)C)cc2c43)c(-c2ccccc2)cc2c1oc1ccccc12. The maximum absolute atomic E-state index is 7.20. The van der Waals surface area contributed by atoms with Crippen LogP contribution in [0, 0.1) is 0 Å². The van der Waals surface area contributed by atoms with Gasteiger partial charge in [-0.2, -0.15) is 0 Å². The predicted octanol–water partition coefficient (Wildman–Crippen LogP) is 20.1. The number of aromatic nitrogens is 1. The van der Waals surface area contributed by atoms with Gasteiger partial charge in [0.05, 0.1) is 22.4 Å². The molecule has 0 aliphatic carbocycles. The Hall–Kier alpha value is -10.1. The molecular weight excluding hydrogens is 1030 g/mol. The van der Waals surface area contributed by atoms with Crippen molar-refractivity contribution in [3.8, 4) is 50.2 Å². The molecule has 4 nitrogen and oxygen atoms in total. The topological polar surface area (TPSA) is 24.6 Å². The van der Waals surface area contributed by atoms with Crippen molar-refractivity contribution in [1.82, 2.24) is 4.57 Å². The van der Waals surface area contributed by atoms with Gasteiger partial charge in [-0.15, -0.1) is 0 Å². The van der Waals surface area contributed by atoms with Crippen molar-refractivity contribution in [3.05, 3.63) is 278 Å². The summed E-state index contributed by atoms with van der Waals surface area (Å²) in [5, 5.41) is 4.76. The molecule has 5 heteroatoms. The number of hydrogen-bond acceptors (Lipinski definition) is 3. The van der Waals surface area contributed by atoms with Crippen LogP contribution >= 0.6 is 0 Å². The fraction of sp³-hybridized carbons (Fsp3) is 0.100. The monoisotopic (exact) mass is 1090 g/mol. The van der Waals surface area contributed by atoms with Gasteiger partial charge in [0.25, 0.3) is 6.71 Å². The van der Waals surface area contributed by atoms with Crippen LogP contribution in [-0.4, -0.2) is 11.3 Å². The number of hydrogen-bond donors (Lipinski definition) is 0. The third kappa shape index (κ3) is 8.12. The largest absolute Gasteiger partial charge is 0.456 e. The number of aryl methyl sites for hydroxylation is 1. The Morgan fingerprint density at radius 3 is 1.54 bits per heavy atom. The van der Waals surface area contributed by atoms with Gasteiger partial charge in [0.2, 0.25) is 0 Å². The molecule has 0 saturated heterocycles. The molecular formula is C80H62BN3O. The van der Waals surface area contributed by atoms with E-state index in [1.807, 2.05) is 0 Å². The predicted molar refractivity (Wildman–Crippen MR) is 361 cm³/mol. The molecule has 0 atom stereocenters. The molecule has 12 aromatic carbocycles. The number of rotatable bonds is 10. The van der Waals surface area contributed by atoms with Crippen LogP contribution in [0.3, 0.4) is 0 Å². The van der Waals surface area contributed by atoms with Gasteiger partial charge in [-0.05, 0) is 123 Å². The Balaban J connectivity index is 1.09. The summed E-state index contributed by atoms with van der Waals surface area (Å²) in [5.41, 5.74) is 27.7. The summed E-state index contributed by atoms with van der Waals surface area (Å²) >= 11 is 0. The normalized spacial score (nSPS) is 12.8. The lowest BCUT2D eigenvalue weighted by Crippen LogP contribution is -2.61. The smallest absolute Gasteiger partial charge is 0.252 e. The van der Waals surface area contributed by atoms with E-state index in [2.05, 4.69) is 309 Å². The Morgan fingerprint density at radius 1 is 0.400 bits per heavy atom. The van der Waals surface area contributed by atoms with Crippen LogP contribution in [0.1, 0.15) is 51.7 Å². The molecule has 0 bridgehead atoms. The van der Waals surface area contributed by atoms with E-state index in [0.717, 1.165) is 80.5 Å². The van der Waals surface area contributed by atoms with Crippen LogP contribution in [0.5, 0.6) is 0 Å². The first kappa shape index (κ1) is 50.6. The van der Waals surface area contributed by atoms with Crippen molar-refractivity contribution in [1.29, 1.82) is 0 Å². The maximum Gasteiger partial charge on any atom is 0.252 e. The average molecular weight is 1090 g/mol. The van der Waals surface area contributed by atoms with Gasteiger partial charge in [0.1, 0.15) is 11.2 Å². The standard InChI is InChI=1S/C80H62BN3O/c1-5-6-34-64-78(65(55-32-17-10-18-33-55)51-66-63-37-21-24-42-75(63)85-79(64)66)83-71-46-43-56(52-26-11-7-12-27-52)47-68(71)81-67-45-44-58(82-69-40-22-19-35-61(69)62-36-20-23-41-70(62)82)50-72(67)84(74-49-57(80(2,3)4)48-73(83)76(74)81)77-59(53-28-13-8-14-29-53)38-25-39-60(77)54-30-15-9-16-31-54/h7-33,35-51H,5-6,34H2,1-4H3. The fourth-order valence-corrected chi connectivity index (χ4v) is 14.1. The van der Waals surface area contributed by atoms with Crippen LogP contribution in [0.25, 0.3) is 93.9 Å². The molecule has 85 heavy (non-hydrogen) atoms. The second-order valence-electron chi connectivity index (χ2n) is 24.2. The highest BCUT2D eigenvalue weighted by Crippen LogP contribution is 2.54. The van der Waals surface area contributed by atoms with Crippen LogP contribution in [0.15, 0.2) is 271 Å². The lowest BCUT2D eigenvalue weighted by molar-refractivity contribution is 0.590. The molecule has 0 amide bonds. The highest BCUT2D eigenvalue weighted by atomic mass is 16.3. The van der Waals surface area contributed by atoms with Crippen molar-refractivity contribution in [2.75, 3.05) is 9.80 Å². The number of para-hydroxylation sites is 4. The van der Waals surface area contributed by atoms with E-state index in [-0.39, 0.29) is 12.1 Å². The molecule has 406 valence electrons. The van der Waals surface area contributed by atoms with Crippen molar-refractivity contribution in [2.45, 2.75) is 52.4 Å². The van der Waals surface area contributed by atoms with Crippen LogP contribution in [0.2, 0.25) is 0 Å². The number of unbranched alkanes of at least 4 members (excludes halogenated alkanes) is 1. The molecule has 0 N–H and O–H groups in total. The molecule has 2 aromatic heterocycles. The quantitative estimate of drug-likeness (QED) is 0.128. The highest BCUT2D eigenvalue weighted by molar-refractivity contribution is 7.00. The summed E-state index contributed by atoms with van der Waals surface area (Å²) in [6.07, 6.45) is 2.88. The van der Waals surface area contributed by atoms with Gasteiger partial charge < -0.3 is 18.8 Å². The molecule has 2 aliphatic rings. The Labute approximate surface area is 497 Å². The maximum atomic E-state index is 7.20. The van der Waals surface area contributed by atoms with Gasteiger partial charge in [-0.25, -0.2) is 0 Å². The lowest BCUT2D eigenvalue weighted by Gasteiger charge is -2.46. The number of furan rings is 1. The van der Waals surface area contributed by atoms with Crippen molar-refractivity contribution in [3.63, 3.8) is 0 Å². The lowest BCUT2D eigenvalue weighted by atomic mass is 9.33. The second kappa shape index (κ2) is 20.1.